The van der Waals surface area contributed by atoms with Crippen LogP contribution in [0.4, 0.5) is 0 Å². The molecule has 18 atom stereocenters. The number of aliphatic hydroxyl groups excluding tert-OH is 7. The lowest BCUT2D eigenvalue weighted by Crippen LogP contribution is -2.63. The summed E-state index contributed by atoms with van der Waals surface area (Å²) in [6.45, 7) is 12.8. The summed E-state index contributed by atoms with van der Waals surface area (Å²) in [5.41, 5.74) is 1.33. The Balaban J connectivity index is 1.16. The molecule has 6 rings (SSSR count). The second-order valence-electron chi connectivity index (χ2n) is 17.5. The van der Waals surface area contributed by atoms with Crippen molar-refractivity contribution in [2.75, 3.05) is 13.2 Å². The minimum Gasteiger partial charge on any atom is -0.394 e. The number of hydrogen-bond donors (Lipinski definition) is 7. The fraction of sp³-hybridized carbons (Fsp3) is 0.919. The normalized spacial score (nSPS) is 53.1. The van der Waals surface area contributed by atoms with Crippen LogP contribution in [0.5, 0.6) is 0 Å². The van der Waals surface area contributed by atoms with Gasteiger partial charge in [0, 0.05) is 11.3 Å². The molecule has 2 heterocycles. The van der Waals surface area contributed by atoms with Crippen LogP contribution < -0.4 is 0 Å². The zero-order valence-electron chi connectivity index (χ0n) is 29.9. The number of ether oxygens (including phenoxy) is 4. The quantitative estimate of drug-likeness (QED) is 0.143. The number of hydrogen-bond acceptors (Lipinski definition) is 12. The van der Waals surface area contributed by atoms with Crippen LogP contribution in [0.2, 0.25) is 0 Å². The molecular weight excluding hydrogens is 636 g/mol. The van der Waals surface area contributed by atoms with Crippen LogP contribution in [0, 0.1) is 45.3 Å². The van der Waals surface area contributed by atoms with Crippen LogP contribution in [-0.4, -0.2) is 123 Å². The summed E-state index contributed by atoms with van der Waals surface area (Å²) in [7, 11) is 0. The summed E-state index contributed by atoms with van der Waals surface area (Å²) in [6.07, 6.45) is -4.30. The summed E-state index contributed by atoms with van der Waals surface area (Å²) in [6, 6.07) is 0. The van der Waals surface area contributed by atoms with Gasteiger partial charge in [-0.05, 0) is 78.9 Å². The van der Waals surface area contributed by atoms with Crippen molar-refractivity contribution in [2.45, 2.75) is 154 Å². The Morgan fingerprint density at radius 3 is 2.10 bits per heavy atom. The van der Waals surface area contributed by atoms with Gasteiger partial charge in [-0.15, -0.1) is 0 Å². The number of fused-ring (bicyclic) bond motifs is 5. The van der Waals surface area contributed by atoms with E-state index in [1.165, 1.54) is 5.57 Å². The van der Waals surface area contributed by atoms with E-state index in [0.717, 1.165) is 44.8 Å². The SMILES string of the molecule is CC(C=O)C1CCC2(C)C3CC=C4C(CCC(OC5OC(COC6OC(CO)C(O)C(O)C6O)C(O)C(O)C5O)C4(C)C)C3(C)CCC12C. The summed E-state index contributed by atoms with van der Waals surface area (Å²) in [5.74, 6) is 1.35. The van der Waals surface area contributed by atoms with Gasteiger partial charge in [0.1, 0.15) is 55.1 Å². The molecular formula is C37H60O12. The van der Waals surface area contributed by atoms with E-state index < -0.39 is 80.0 Å². The van der Waals surface area contributed by atoms with Crippen LogP contribution in [0.25, 0.3) is 0 Å². The van der Waals surface area contributed by atoms with Gasteiger partial charge >= 0.3 is 0 Å². The molecule has 12 heteroatoms. The lowest BCUT2D eigenvalue weighted by molar-refractivity contribution is -0.340. The molecule has 12 nitrogen and oxygen atoms in total. The van der Waals surface area contributed by atoms with Crippen molar-refractivity contribution in [1.82, 2.24) is 0 Å². The number of carbonyl (C=O) groups excluding carboxylic acids is 1. The van der Waals surface area contributed by atoms with Crippen molar-refractivity contribution in [3.8, 4) is 0 Å². The third kappa shape index (κ3) is 5.80. The molecule has 0 radical (unpaired) electrons. The largest absolute Gasteiger partial charge is 0.394 e. The molecule has 7 N–H and O–H groups in total. The summed E-state index contributed by atoms with van der Waals surface area (Å²) in [5, 5.41) is 72.5. The number of allylic oxidation sites excluding steroid dienone is 1. The number of rotatable bonds is 8. The molecule has 0 spiro atoms. The summed E-state index contributed by atoms with van der Waals surface area (Å²) in [4.78, 5) is 11.9. The lowest BCUT2D eigenvalue weighted by Gasteiger charge is -2.66. The number of aliphatic hydroxyl groups is 7. The Kier molecular flexibility index (Phi) is 10.3. The molecule has 0 aromatic carbocycles. The lowest BCUT2D eigenvalue weighted by atomic mass is 9.39. The highest BCUT2D eigenvalue weighted by Gasteiger charge is 2.67. The second kappa shape index (κ2) is 13.4. The highest BCUT2D eigenvalue weighted by Crippen LogP contribution is 2.74. The average Bonchev–Trinajstić information content (AvgIpc) is 3.35. The Morgan fingerprint density at radius 1 is 0.816 bits per heavy atom. The maximum atomic E-state index is 11.9. The van der Waals surface area contributed by atoms with E-state index in [1.54, 1.807) is 0 Å². The summed E-state index contributed by atoms with van der Waals surface area (Å²) >= 11 is 0. The zero-order valence-corrected chi connectivity index (χ0v) is 29.9. The third-order valence-corrected chi connectivity index (χ3v) is 14.9. The van der Waals surface area contributed by atoms with E-state index in [-0.39, 0.29) is 28.3 Å². The Bertz CT molecular complexity index is 1240. The summed E-state index contributed by atoms with van der Waals surface area (Å²) < 4.78 is 23.5. The first kappa shape index (κ1) is 37.7. The van der Waals surface area contributed by atoms with E-state index in [4.69, 9.17) is 18.9 Å². The molecule has 18 unspecified atom stereocenters. The highest BCUT2D eigenvalue weighted by atomic mass is 16.7. The predicted molar refractivity (Wildman–Crippen MR) is 175 cm³/mol. The fourth-order valence-electron chi connectivity index (χ4n) is 11.6. The van der Waals surface area contributed by atoms with Gasteiger partial charge in [-0.3, -0.25) is 0 Å². The van der Waals surface area contributed by atoms with Crippen molar-refractivity contribution < 1.29 is 59.5 Å². The molecule has 3 saturated carbocycles. The first-order valence-electron chi connectivity index (χ1n) is 18.4. The van der Waals surface area contributed by atoms with Gasteiger partial charge in [0.05, 0.1) is 19.3 Å². The van der Waals surface area contributed by atoms with E-state index in [1.807, 2.05) is 0 Å². The molecule has 5 fully saturated rings. The van der Waals surface area contributed by atoms with Gasteiger partial charge in [0.15, 0.2) is 12.6 Å². The minimum atomic E-state index is -1.64. The molecule has 280 valence electrons. The average molecular weight is 697 g/mol. The smallest absolute Gasteiger partial charge is 0.187 e. The van der Waals surface area contributed by atoms with Gasteiger partial charge in [-0.1, -0.05) is 53.2 Å². The van der Waals surface area contributed by atoms with Crippen molar-refractivity contribution >= 4 is 6.29 Å². The molecule has 0 bridgehead atoms. The van der Waals surface area contributed by atoms with E-state index in [9.17, 15) is 40.5 Å². The van der Waals surface area contributed by atoms with Crippen LogP contribution in [0.1, 0.15) is 86.5 Å². The maximum Gasteiger partial charge on any atom is 0.187 e. The van der Waals surface area contributed by atoms with Crippen LogP contribution >= 0.6 is 0 Å². The molecule has 49 heavy (non-hydrogen) atoms. The Morgan fingerprint density at radius 2 is 1.45 bits per heavy atom. The minimum absolute atomic E-state index is 0.0632. The predicted octanol–water partition coefficient (Wildman–Crippen LogP) is 1.44. The third-order valence-electron chi connectivity index (χ3n) is 14.9. The van der Waals surface area contributed by atoms with Gasteiger partial charge in [0.2, 0.25) is 0 Å². The number of aldehydes is 1. The van der Waals surface area contributed by atoms with Crippen molar-refractivity contribution in [1.29, 1.82) is 0 Å². The van der Waals surface area contributed by atoms with Crippen LogP contribution in [0.3, 0.4) is 0 Å². The number of carbonyl (C=O) groups is 1. The van der Waals surface area contributed by atoms with Gasteiger partial charge in [0.25, 0.3) is 0 Å². The monoisotopic (exact) mass is 696 g/mol. The van der Waals surface area contributed by atoms with E-state index in [2.05, 4.69) is 47.6 Å². The standard InChI is InChI=1S/C37H60O12/c1-18(15-38)19-11-12-37(6)24-9-7-20-21(35(24,4)13-14-36(19,37)5)8-10-25(34(20,2)3)49-33-31(45)29(43)27(41)23(48-33)17-46-32-30(44)28(42)26(40)22(16-39)47-32/h7,15,18-19,21-33,39-45H,8-14,16-17H2,1-6H3. The van der Waals surface area contributed by atoms with Crippen molar-refractivity contribution in [3.05, 3.63) is 11.6 Å². The molecule has 2 saturated heterocycles. The molecule has 4 aliphatic carbocycles. The van der Waals surface area contributed by atoms with Gasteiger partial charge in [-0.25, -0.2) is 0 Å². The first-order valence-corrected chi connectivity index (χ1v) is 18.4. The van der Waals surface area contributed by atoms with Gasteiger partial charge < -0.3 is 59.5 Å². The highest BCUT2D eigenvalue weighted by molar-refractivity contribution is 5.54. The van der Waals surface area contributed by atoms with Gasteiger partial charge in [-0.2, -0.15) is 0 Å². The Labute approximate surface area is 289 Å². The van der Waals surface area contributed by atoms with Crippen molar-refractivity contribution in [2.24, 2.45) is 45.3 Å². The van der Waals surface area contributed by atoms with E-state index >= 15 is 0 Å². The second-order valence-corrected chi connectivity index (χ2v) is 17.5. The van der Waals surface area contributed by atoms with Crippen LogP contribution in [0.15, 0.2) is 11.6 Å². The topological polar surface area (TPSA) is 196 Å². The van der Waals surface area contributed by atoms with Crippen LogP contribution in [-0.2, 0) is 23.7 Å². The zero-order chi connectivity index (χ0) is 35.8. The van der Waals surface area contributed by atoms with Crippen molar-refractivity contribution in [3.63, 3.8) is 0 Å². The molecule has 0 amide bonds. The first-order chi connectivity index (χ1) is 23.0. The fourth-order valence-corrected chi connectivity index (χ4v) is 11.6. The molecule has 6 aliphatic rings. The van der Waals surface area contributed by atoms with E-state index in [0.29, 0.717) is 24.2 Å². The Hall–Kier alpha value is -1.03. The molecule has 2 aliphatic heterocycles. The molecule has 0 aromatic heterocycles. The molecule has 0 aromatic rings. The maximum absolute atomic E-state index is 11.9.